The molecule has 0 saturated carbocycles. The molecule has 47 heavy (non-hydrogen) atoms. The highest BCUT2D eigenvalue weighted by Gasteiger charge is 2.46. The van der Waals surface area contributed by atoms with E-state index >= 15 is 0 Å². The van der Waals surface area contributed by atoms with Gasteiger partial charge in [-0.05, 0) is 77.0 Å². The van der Waals surface area contributed by atoms with Crippen molar-refractivity contribution in [2.24, 2.45) is 0 Å². The number of imidazole rings is 1. The first kappa shape index (κ1) is 31.2. The number of benzene rings is 1. The molecule has 7 rings (SSSR count). The second-order valence-electron chi connectivity index (χ2n) is 13.8. The van der Waals surface area contributed by atoms with E-state index in [9.17, 15) is 14.0 Å². The van der Waals surface area contributed by atoms with E-state index in [1.807, 2.05) is 18.2 Å². The normalized spacial score (nSPS) is 17.5. The minimum atomic E-state index is -0.779. The number of nitrogens with zero attached hydrogens (tertiary/aromatic N) is 6. The molecule has 0 unspecified atom stereocenters. The van der Waals surface area contributed by atoms with Gasteiger partial charge in [-0.2, -0.15) is 0 Å². The lowest BCUT2D eigenvalue weighted by atomic mass is 9.83. The quantitative estimate of drug-likeness (QED) is 0.290. The van der Waals surface area contributed by atoms with E-state index in [1.54, 1.807) is 37.6 Å². The average Bonchev–Trinajstić information content (AvgIpc) is 3.68. The number of aromatic nitrogens is 3. The molecular formula is C35H40FN7O4. The Morgan fingerprint density at radius 3 is 2.66 bits per heavy atom. The summed E-state index contributed by atoms with van der Waals surface area (Å²) in [5.41, 5.74) is 4.75. The molecule has 12 heteroatoms. The van der Waals surface area contributed by atoms with Crippen LogP contribution in [0.2, 0.25) is 0 Å². The van der Waals surface area contributed by atoms with Crippen molar-refractivity contribution in [1.29, 1.82) is 0 Å². The van der Waals surface area contributed by atoms with Gasteiger partial charge in [-0.3, -0.25) is 14.1 Å². The number of amides is 2. The van der Waals surface area contributed by atoms with Gasteiger partial charge in [0.25, 0.3) is 5.91 Å². The number of imide groups is 1. The van der Waals surface area contributed by atoms with Crippen LogP contribution in [0.25, 0.3) is 16.9 Å². The van der Waals surface area contributed by atoms with Gasteiger partial charge in [-0.25, -0.2) is 24.1 Å². The number of hydrogen-bond acceptors (Lipinski definition) is 9. The van der Waals surface area contributed by atoms with Crippen molar-refractivity contribution in [1.82, 2.24) is 29.1 Å². The molecule has 3 aliphatic rings. The predicted molar refractivity (Wildman–Crippen MR) is 175 cm³/mol. The summed E-state index contributed by atoms with van der Waals surface area (Å²) in [7, 11) is 4.18. The minimum absolute atomic E-state index is 0.0192. The van der Waals surface area contributed by atoms with E-state index in [0.717, 1.165) is 43.1 Å². The van der Waals surface area contributed by atoms with Crippen LogP contribution in [-0.4, -0.2) is 87.1 Å². The smallest absolute Gasteiger partial charge is 0.417 e. The van der Waals surface area contributed by atoms with Crippen molar-refractivity contribution in [3.8, 4) is 11.3 Å². The Hall–Kier alpha value is -4.39. The summed E-state index contributed by atoms with van der Waals surface area (Å²) in [6.07, 6.45) is 4.37. The monoisotopic (exact) mass is 641 g/mol. The highest BCUT2D eigenvalue weighted by atomic mass is 19.1. The number of pyridine rings is 2. The molecule has 0 bridgehead atoms. The van der Waals surface area contributed by atoms with Gasteiger partial charge in [0, 0.05) is 50.7 Å². The fraction of sp³-hybridized carbons (Fsp3) is 0.429. The van der Waals surface area contributed by atoms with E-state index in [0.29, 0.717) is 52.8 Å². The first-order valence-corrected chi connectivity index (χ1v) is 16.0. The summed E-state index contributed by atoms with van der Waals surface area (Å²) in [4.78, 5) is 42.5. The summed E-state index contributed by atoms with van der Waals surface area (Å²) in [5, 5.41) is 3.41. The molecular weight excluding hydrogens is 601 g/mol. The van der Waals surface area contributed by atoms with E-state index < -0.39 is 23.4 Å². The van der Waals surface area contributed by atoms with Gasteiger partial charge >= 0.3 is 6.09 Å². The number of carbonyl (C=O) groups excluding carboxylic acids is 2. The predicted octanol–water partition coefficient (Wildman–Crippen LogP) is 5.55. The van der Waals surface area contributed by atoms with Crippen molar-refractivity contribution >= 4 is 29.2 Å². The van der Waals surface area contributed by atoms with Gasteiger partial charge in [0.2, 0.25) is 0 Å². The Morgan fingerprint density at radius 1 is 1.13 bits per heavy atom. The Morgan fingerprint density at radius 2 is 1.91 bits per heavy atom. The highest BCUT2D eigenvalue weighted by molar-refractivity contribution is 6.11. The summed E-state index contributed by atoms with van der Waals surface area (Å²) < 4.78 is 27.1. The van der Waals surface area contributed by atoms with Crippen molar-refractivity contribution in [2.45, 2.75) is 57.8 Å². The molecule has 246 valence electrons. The maximum Gasteiger partial charge on any atom is 0.417 e. The fourth-order valence-electron chi connectivity index (χ4n) is 7.05. The molecule has 1 saturated heterocycles. The van der Waals surface area contributed by atoms with Gasteiger partial charge < -0.3 is 19.7 Å². The van der Waals surface area contributed by atoms with Gasteiger partial charge in [0.05, 0.1) is 40.9 Å². The van der Waals surface area contributed by atoms with Crippen molar-refractivity contribution in [3.05, 3.63) is 77.0 Å². The first-order chi connectivity index (χ1) is 22.4. The molecule has 0 radical (unpaired) electrons. The number of fused-ring (bicyclic) bond motifs is 4. The number of ether oxygens (including phenoxy) is 2. The van der Waals surface area contributed by atoms with Crippen LogP contribution in [0, 0.1) is 5.82 Å². The number of carbonyl (C=O) groups is 2. The molecule has 2 amide bonds. The summed E-state index contributed by atoms with van der Waals surface area (Å²) in [6, 6.07) is 10.6. The Balaban J connectivity index is 1.26. The second-order valence-corrected chi connectivity index (χ2v) is 13.8. The van der Waals surface area contributed by atoms with Crippen molar-refractivity contribution < 1.29 is 23.5 Å². The number of halogens is 1. The van der Waals surface area contributed by atoms with Crippen molar-refractivity contribution in [2.75, 3.05) is 45.7 Å². The molecule has 1 aromatic carbocycles. The molecule has 3 aromatic heterocycles. The van der Waals surface area contributed by atoms with Crippen LogP contribution in [0.4, 0.5) is 20.7 Å². The molecule has 0 aliphatic carbocycles. The maximum atomic E-state index is 14.0. The standard InChI is InChI=1S/C35H40FN7O4/c1-34(2,3)47-33(45)43-20-24-23(28-19-37-30-18-22(36)10-13-42(28)30)6-8-26(31(24)32(43)44)38-29-9-7-25-27(39-29)21-41(15-14-40(4)5)35(25)11-16-46-17-12-35/h6-10,13,18-19H,11-12,14-17,20-21H2,1-5H3,(H,38,39). The maximum absolute atomic E-state index is 14.0. The molecule has 1 N–H and O–H groups in total. The number of anilines is 2. The van der Waals surface area contributed by atoms with Gasteiger partial charge in [-0.1, -0.05) is 12.1 Å². The summed E-state index contributed by atoms with van der Waals surface area (Å²) >= 11 is 0. The topological polar surface area (TPSA) is 105 Å². The summed E-state index contributed by atoms with van der Waals surface area (Å²) in [6.45, 7) is 9.34. The first-order valence-electron chi connectivity index (χ1n) is 16.0. The van der Waals surface area contributed by atoms with Gasteiger partial charge in [0.15, 0.2) is 0 Å². The second kappa shape index (κ2) is 11.7. The van der Waals surface area contributed by atoms with Crippen LogP contribution < -0.4 is 5.32 Å². The zero-order valence-electron chi connectivity index (χ0n) is 27.5. The van der Waals surface area contributed by atoms with E-state index in [1.165, 1.54) is 17.7 Å². The third-order valence-electron chi connectivity index (χ3n) is 9.27. The number of likely N-dealkylation sites (N-methyl/N-ethyl adjacent to an activating group) is 1. The van der Waals surface area contributed by atoms with Crippen LogP contribution in [0.3, 0.4) is 0 Å². The number of rotatable bonds is 6. The highest BCUT2D eigenvalue weighted by Crippen LogP contribution is 2.46. The molecule has 3 aliphatic heterocycles. The lowest BCUT2D eigenvalue weighted by Crippen LogP contribution is -2.47. The van der Waals surface area contributed by atoms with E-state index in [4.69, 9.17) is 14.5 Å². The van der Waals surface area contributed by atoms with Crippen molar-refractivity contribution in [3.63, 3.8) is 0 Å². The average molecular weight is 642 g/mol. The van der Waals surface area contributed by atoms with E-state index in [2.05, 4.69) is 40.3 Å². The fourth-order valence-corrected chi connectivity index (χ4v) is 7.05. The van der Waals surface area contributed by atoms with Crippen LogP contribution in [0.1, 0.15) is 60.8 Å². The lowest BCUT2D eigenvalue weighted by Gasteiger charge is -2.42. The minimum Gasteiger partial charge on any atom is -0.443 e. The van der Waals surface area contributed by atoms with E-state index in [-0.39, 0.29) is 12.1 Å². The zero-order valence-corrected chi connectivity index (χ0v) is 27.5. The third kappa shape index (κ3) is 5.64. The lowest BCUT2D eigenvalue weighted by molar-refractivity contribution is -0.0266. The SMILES string of the molecule is CN(C)CCN1Cc2nc(Nc3ccc(-c4cnc5cc(F)ccn45)c4c3C(=O)N(C(=O)OC(C)(C)C)C4)ccc2C12CCOCC2. The molecule has 11 nitrogen and oxygen atoms in total. The molecule has 1 spiro atoms. The third-order valence-corrected chi connectivity index (χ3v) is 9.27. The van der Waals surface area contributed by atoms with Gasteiger partial charge in [0.1, 0.15) is 22.9 Å². The number of nitrogens with one attached hydrogen (secondary N) is 1. The Bertz CT molecular complexity index is 1880. The van der Waals surface area contributed by atoms with Gasteiger partial charge in [-0.15, -0.1) is 0 Å². The van der Waals surface area contributed by atoms with Crippen LogP contribution >= 0.6 is 0 Å². The zero-order chi connectivity index (χ0) is 33.1. The molecule has 0 atom stereocenters. The van der Waals surface area contributed by atoms with Crippen LogP contribution in [-0.2, 0) is 28.1 Å². The number of hydrogen-bond donors (Lipinski definition) is 1. The Kier molecular flexibility index (Phi) is 7.77. The molecule has 6 heterocycles. The molecule has 4 aromatic rings. The summed E-state index contributed by atoms with van der Waals surface area (Å²) in [5.74, 6) is -0.240. The molecule has 1 fully saturated rings. The van der Waals surface area contributed by atoms with Crippen LogP contribution in [0.15, 0.2) is 48.8 Å². The Labute approximate surface area is 273 Å². The largest absolute Gasteiger partial charge is 0.443 e. The van der Waals surface area contributed by atoms with Crippen LogP contribution in [0.5, 0.6) is 0 Å².